The summed E-state index contributed by atoms with van der Waals surface area (Å²) in [6.45, 7) is 3.83. The van der Waals surface area contributed by atoms with Gasteiger partial charge in [0.15, 0.2) is 11.5 Å². The molecule has 1 aliphatic rings. The summed E-state index contributed by atoms with van der Waals surface area (Å²) >= 11 is 0. The molecule has 1 aliphatic carbocycles. The van der Waals surface area contributed by atoms with E-state index >= 15 is 0 Å². The maximum Gasteiger partial charge on any atom is 0.204 e. The molecule has 10 aromatic rings. The fourth-order valence-electron chi connectivity index (χ4n) is 9.21. The van der Waals surface area contributed by atoms with Crippen LogP contribution in [0.4, 0.5) is 0 Å². The first kappa shape index (κ1) is 29.1. The van der Waals surface area contributed by atoms with Crippen molar-refractivity contribution in [3.63, 3.8) is 0 Å². The maximum absolute atomic E-state index is 11.1. The van der Waals surface area contributed by atoms with Crippen LogP contribution in [0, 0.1) is 0 Å². The Morgan fingerprint density at radius 2 is 1.10 bits per heavy atom. The van der Waals surface area contributed by atoms with Crippen molar-refractivity contribution in [2.24, 2.45) is 0 Å². The smallest absolute Gasteiger partial charge is 0.204 e. The Morgan fingerprint density at radius 1 is 0.462 bits per heavy atom. The van der Waals surface area contributed by atoms with E-state index in [9.17, 15) is 20.4 Å². The van der Waals surface area contributed by atoms with Gasteiger partial charge in [0.25, 0.3) is 0 Å². The highest BCUT2D eigenvalue weighted by atomic mass is 16.3. The fourth-order valence-corrected chi connectivity index (χ4v) is 9.21. The molecule has 52 heavy (non-hydrogen) atoms. The van der Waals surface area contributed by atoms with E-state index in [4.69, 9.17) is 4.42 Å². The summed E-state index contributed by atoms with van der Waals surface area (Å²) in [7, 11) is 0. The van der Waals surface area contributed by atoms with Gasteiger partial charge in [0.05, 0.1) is 0 Å². The Morgan fingerprint density at radius 3 is 1.88 bits per heavy atom. The van der Waals surface area contributed by atoms with Crippen molar-refractivity contribution < 1.29 is 24.8 Å². The van der Waals surface area contributed by atoms with E-state index in [1.54, 1.807) is 0 Å². The van der Waals surface area contributed by atoms with Crippen LogP contribution in [-0.4, -0.2) is 20.4 Å². The summed E-state index contributed by atoms with van der Waals surface area (Å²) in [6, 6.07) is 43.2. The van der Waals surface area contributed by atoms with Crippen molar-refractivity contribution in [3.05, 3.63) is 132 Å². The van der Waals surface area contributed by atoms with Crippen LogP contribution in [0.2, 0.25) is 0 Å². The summed E-state index contributed by atoms with van der Waals surface area (Å²) in [4.78, 5) is 0. The van der Waals surface area contributed by atoms with Crippen molar-refractivity contribution in [3.8, 4) is 56.4 Å². The molecule has 0 aliphatic heterocycles. The maximum atomic E-state index is 11.1. The van der Waals surface area contributed by atoms with Crippen LogP contribution in [0.1, 0.15) is 25.0 Å². The minimum atomic E-state index is -0.773. The normalized spacial score (nSPS) is 13.7. The second kappa shape index (κ2) is 9.74. The van der Waals surface area contributed by atoms with Crippen LogP contribution in [0.3, 0.4) is 0 Å². The van der Waals surface area contributed by atoms with E-state index in [1.165, 1.54) is 54.2 Å². The van der Waals surface area contributed by atoms with E-state index in [2.05, 4.69) is 103 Å². The Kier molecular flexibility index (Phi) is 5.44. The van der Waals surface area contributed by atoms with Gasteiger partial charge < -0.3 is 24.8 Å². The first-order chi connectivity index (χ1) is 25.2. The Hall–Kier alpha value is -6.72. The monoisotopic (exact) mass is 674 g/mol. The minimum absolute atomic E-state index is 0.271. The number of phenols is 4. The van der Waals surface area contributed by atoms with Gasteiger partial charge in [0, 0.05) is 32.9 Å². The number of aromatic hydroxyl groups is 4. The molecule has 0 saturated heterocycles. The van der Waals surface area contributed by atoms with Crippen LogP contribution < -0.4 is 0 Å². The summed E-state index contributed by atoms with van der Waals surface area (Å²) in [5, 5.41) is 54.5. The Bertz CT molecular complexity index is 3200. The molecule has 9 aromatic carbocycles. The predicted molar refractivity (Wildman–Crippen MR) is 210 cm³/mol. The first-order valence-electron chi connectivity index (χ1n) is 17.4. The summed E-state index contributed by atoms with van der Waals surface area (Å²) in [5.74, 6) is -2.42. The van der Waals surface area contributed by atoms with Crippen LogP contribution in [0.25, 0.3) is 98.4 Å². The highest BCUT2D eigenvalue weighted by Crippen LogP contribution is 2.63. The lowest BCUT2D eigenvalue weighted by Crippen LogP contribution is -2.15. The lowest BCUT2D eigenvalue weighted by Gasteiger charge is -2.22. The standard InChI is InChI=1S/C47H30O5/c1-47(2)35-20-19-33-34-22-26(14-21-36(34)52-46(33)39(35)40-41(47)43(49)45(51)44(50)42(40)48)28-15-10-24-13-18-32-30(16-11-25-12-17-31(28)37(24)38(25)32)29-9-5-7-23-6-3-4-8-27(23)29/h3-22,48-51H,1-2H3. The van der Waals surface area contributed by atoms with Crippen molar-refractivity contribution >= 4 is 65.0 Å². The largest absolute Gasteiger partial charge is 0.504 e. The molecule has 0 atom stereocenters. The number of phenolic OH excluding ortho intramolecular Hbond substituents is 4. The molecular formula is C47H30O5. The molecule has 5 heteroatoms. The zero-order valence-corrected chi connectivity index (χ0v) is 28.2. The quantitative estimate of drug-likeness (QED) is 0.0832. The van der Waals surface area contributed by atoms with Crippen LogP contribution in [0.5, 0.6) is 23.0 Å². The van der Waals surface area contributed by atoms with E-state index in [-0.39, 0.29) is 5.56 Å². The summed E-state index contributed by atoms with van der Waals surface area (Å²) in [6.07, 6.45) is 0. The number of rotatable bonds is 2. The predicted octanol–water partition coefficient (Wildman–Crippen LogP) is 12.1. The van der Waals surface area contributed by atoms with Crippen LogP contribution in [0.15, 0.2) is 126 Å². The van der Waals surface area contributed by atoms with Gasteiger partial charge >= 0.3 is 0 Å². The van der Waals surface area contributed by atoms with E-state index in [0.29, 0.717) is 22.3 Å². The summed E-state index contributed by atoms with van der Waals surface area (Å²) in [5.41, 5.74) is 7.10. The van der Waals surface area contributed by atoms with Gasteiger partial charge in [-0.05, 0) is 83.0 Å². The second-order valence-electron chi connectivity index (χ2n) is 14.6. The third-order valence-corrected chi connectivity index (χ3v) is 11.6. The molecule has 0 unspecified atom stereocenters. The van der Waals surface area contributed by atoms with Gasteiger partial charge in [-0.15, -0.1) is 0 Å². The molecule has 11 rings (SSSR count). The Balaban J connectivity index is 1.14. The first-order valence-corrected chi connectivity index (χ1v) is 17.4. The second-order valence-corrected chi connectivity index (χ2v) is 14.6. The molecular weight excluding hydrogens is 645 g/mol. The molecule has 0 bridgehead atoms. The van der Waals surface area contributed by atoms with Gasteiger partial charge in [-0.25, -0.2) is 0 Å². The highest BCUT2D eigenvalue weighted by molar-refractivity contribution is 6.28. The molecule has 0 saturated carbocycles. The molecule has 0 spiro atoms. The van der Waals surface area contributed by atoms with Crippen molar-refractivity contribution in [2.45, 2.75) is 19.3 Å². The van der Waals surface area contributed by atoms with Gasteiger partial charge in [-0.2, -0.15) is 0 Å². The topological polar surface area (TPSA) is 94.1 Å². The van der Waals surface area contributed by atoms with Gasteiger partial charge in [-0.3, -0.25) is 0 Å². The lowest BCUT2D eigenvalue weighted by atomic mass is 9.81. The number of fused-ring (bicyclic) bond motifs is 8. The van der Waals surface area contributed by atoms with E-state index in [0.717, 1.165) is 27.5 Å². The average molecular weight is 675 g/mol. The number of furan rings is 1. The molecule has 4 N–H and O–H groups in total. The number of hydrogen-bond donors (Lipinski definition) is 4. The molecule has 0 radical (unpaired) electrons. The molecule has 248 valence electrons. The van der Waals surface area contributed by atoms with Gasteiger partial charge in [-0.1, -0.05) is 123 Å². The molecule has 1 heterocycles. The highest BCUT2D eigenvalue weighted by Gasteiger charge is 2.44. The van der Waals surface area contributed by atoms with Gasteiger partial charge in [0.1, 0.15) is 11.2 Å². The van der Waals surface area contributed by atoms with E-state index < -0.39 is 28.4 Å². The number of hydrogen-bond acceptors (Lipinski definition) is 5. The molecule has 0 amide bonds. The van der Waals surface area contributed by atoms with Crippen LogP contribution >= 0.6 is 0 Å². The molecule has 1 aromatic heterocycles. The molecule has 0 fully saturated rings. The van der Waals surface area contributed by atoms with Gasteiger partial charge in [0.2, 0.25) is 11.5 Å². The number of benzene rings is 9. The van der Waals surface area contributed by atoms with E-state index in [1.807, 2.05) is 32.0 Å². The van der Waals surface area contributed by atoms with Crippen molar-refractivity contribution in [1.29, 1.82) is 0 Å². The SMILES string of the molecule is CC1(C)c2ccc3c(oc4ccc(-c5ccc6ccc7c(-c8cccc9ccccc89)ccc8ccc5c6c87)cc43)c2-c2c(O)c(O)c(O)c(O)c21. The fraction of sp³-hybridized carbons (Fsp3) is 0.0638. The molecule has 5 nitrogen and oxygen atoms in total. The minimum Gasteiger partial charge on any atom is -0.504 e. The summed E-state index contributed by atoms with van der Waals surface area (Å²) < 4.78 is 6.53. The zero-order valence-electron chi connectivity index (χ0n) is 28.2. The average Bonchev–Trinajstić information content (AvgIpc) is 3.66. The third-order valence-electron chi connectivity index (χ3n) is 11.6. The third kappa shape index (κ3) is 3.52. The van der Waals surface area contributed by atoms with Crippen LogP contribution in [-0.2, 0) is 5.41 Å². The zero-order chi connectivity index (χ0) is 35.2. The Labute approximate surface area is 297 Å². The van der Waals surface area contributed by atoms with Crippen molar-refractivity contribution in [1.82, 2.24) is 0 Å². The lowest BCUT2D eigenvalue weighted by molar-refractivity contribution is 0.342. The van der Waals surface area contributed by atoms with Crippen molar-refractivity contribution in [2.75, 3.05) is 0 Å².